The first-order valence-corrected chi connectivity index (χ1v) is 11.9. The molecule has 3 aromatic rings. The first-order chi connectivity index (χ1) is 18.0. The number of benzene rings is 3. The largest absolute Gasteiger partial charge is 0.497 e. The van der Waals surface area contributed by atoms with Gasteiger partial charge in [0.1, 0.15) is 17.6 Å². The first-order valence-electron chi connectivity index (χ1n) is 11.9. The van der Waals surface area contributed by atoms with Crippen molar-refractivity contribution >= 4 is 23.5 Å². The maximum Gasteiger partial charge on any atom is 0.337 e. The lowest BCUT2D eigenvalue weighted by Crippen LogP contribution is -2.41. The maximum absolute atomic E-state index is 12.4. The molecule has 0 saturated carbocycles. The number of ether oxygens (including phenoxy) is 3. The van der Waals surface area contributed by atoms with Gasteiger partial charge in [-0.05, 0) is 72.8 Å². The van der Waals surface area contributed by atoms with Crippen LogP contribution in [0.5, 0.6) is 11.5 Å². The molecule has 9 heteroatoms. The van der Waals surface area contributed by atoms with Crippen LogP contribution in [0.2, 0.25) is 0 Å². The Balaban J connectivity index is 1.23. The molecule has 0 unspecified atom stereocenters. The third kappa shape index (κ3) is 6.58. The molecule has 0 aliphatic carbocycles. The molecule has 0 atom stereocenters. The third-order valence-corrected chi connectivity index (χ3v) is 6.16. The summed E-state index contributed by atoms with van der Waals surface area (Å²) in [6.07, 6.45) is 1.88. The summed E-state index contributed by atoms with van der Waals surface area (Å²) in [6.45, 7) is 1.78. The van der Waals surface area contributed by atoms with E-state index in [0.717, 1.165) is 31.7 Å². The molecule has 0 spiro atoms. The molecule has 3 aromatic carbocycles. The van der Waals surface area contributed by atoms with Gasteiger partial charge >= 0.3 is 5.97 Å². The van der Waals surface area contributed by atoms with Gasteiger partial charge in [-0.2, -0.15) is 0 Å². The first kappa shape index (κ1) is 25.6. The third-order valence-electron chi connectivity index (χ3n) is 6.16. The molecule has 1 saturated heterocycles. The fourth-order valence-electron chi connectivity index (χ4n) is 4.04. The van der Waals surface area contributed by atoms with Crippen molar-refractivity contribution in [2.24, 2.45) is 0 Å². The van der Waals surface area contributed by atoms with Gasteiger partial charge in [-0.25, -0.2) is 4.79 Å². The number of rotatable bonds is 7. The number of hydrogen-bond donors (Lipinski definition) is 2. The van der Waals surface area contributed by atoms with Crippen molar-refractivity contribution in [3.05, 3.63) is 89.5 Å². The Morgan fingerprint density at radius 3 is 1.70 bits per heavy atom. The van der Waals surface area contributed by atoms with E-state index in [1.165, 1.54) is 37.1 Å². The molecule has 9 nitrogen and oxygen atoms in total. The van der Waals surface area contributed by atoms with Gasteiger partial charge in [-0.3, -0.25) is 20.4 Å². The molecule has 37 heavy (non-hydrogen) atoms. The highest BCUT2D eigenvalue weighted by Gasteiger charge is 2.21. The molecule has 1 fully saturated rings. The Labute approximate surface area is 215 Å². The minimum atomic E-state index is -0.509. The van der Waals surface area contributed by atoms with Crippen LogP contribution < -0.4 is 25.2 Å². The summed E-state index contributed by atoms with van der Waals surface area (Å²) in [5, 5.41) is 0. The molecule has 4 rings (SSSR count). The summed E-state index contributed by atoms with van der Waals surface area (Å²) in [6, 6.07) is 20.7. The van der Waals surface area contributed by atoms with Crippen molar-refractivity contribution in [3.63, 3.8) is 0 Å². The van der Waals surface area contributed by atoms with Crippen molar-refractivity contribution in [2.45, 2.75) is 18.9 Å². The van der Waals surface area contributed by atoms with Crippen LogP contribution in [0.4, 0.5) is 5.69 Å². The fourth-order valence-corrected chi connectivity index (χ4v) is 4.04. The van der Waals surface area contributed by atoms with Crippen molar-refractivity contribution in [1.82, 2.24) is 10.9 Å². The van der Waals surface area contributed by atoms with Crippen LogP contribution in [0.3, 0.4) is 0 Å². The number of methoxy groups -OCH3 is 2. The second-order valence-corrected chi connectivity index (χ2v) is 8.50. The summed E-state index contributed by atoms with van der Waals surface area (Å²) in [7, 11) is 2.94. The van der Waals surface area contributed by atoms with Crippen LogP contribution in [-0.2, 0) is 4.74 Å². The second kappa shape index (κ2) is 11.9. The Hall–Kier alpha value is -4.53. The lowest BCUT2D eigenvalue weighted by Gasteiger charge is -2.33. The number of piperidine rings is 1. The molecule has 1 aliphatic rings. The normalized spacial score (nSPS) is 13.4. The van der Waals surface area contributed by atoms with Crippen molar-refractivity contribution in [3.8, 4) is 11.5 Å². The van der Waals surface area contributed by atoms with Crippen LogP contribution in [0.25, 0.3) is 0 Å². The number of carbonyl (C=O) groups excluding carboxylic acids is 3. The van der Waals surface area contributed by atoms with E-state index < -0.39 is 17.8 Å². The van der Waals surface area contributed by atoms with Crippen LogP contribution in [0, 0.1) is 0 Å². The predicted molar refractivity (Wildman–Crippen MR) is 138 cm³/mol. The van der Waals surface area contributed by atoms with Gasteiger partial charge in [0.2, 0.25) is 0 Å². The van der Waals surface area contributed by atoms with Gasteiger partial charge in [-0.15, -0.1) is 0 Å². The minimum Gasteiger partial charge on any atom is -0.497 e. The maximum atomic E-state index is 12.4. The van der Waals surface area contributed by atoms with Gasteiger partial charge < -0.3 is 19.1 Å². The average Bonchev–Trinajstić information content (AvgIpc) is 2.96. The number of nitrogens with zero attached hydrogens (tertiary/aromatic N) is 1. The number of hydrogen-bond acceptors (Lipinski definition) is 7. The van der Waals surface area contributed by atoms with E-state index in [2.05, 4.69) is 32.6 Å². The number of nitrogens with one attached hydrogen (secondary N) is 2. The molecule has 1 aliphatic heterocycles. The quantitative estimate of drug-likeness (QED) is 0.375. The molecule has 1 heterocycles. The highest BCUT2D eigenvalue weighted by Crippen LogP contribution is 2.25. The highest BCUT2D eigenvalue weighted by atomic mass is 16.5. The Morgan fingerprint density at radius 2 is 1.19 bits per heavy atom. The summed E-state index contributed by atoms with van der Waals surface area (Å²) < 4.78 is 16.0. The van der Waals surface area contributed by atoms with Crippen molar-refractivity contribution < 1.29 is 28.6 Å². The van der Waals surface area contributed by atoms with Gasteiger partial charge in [0, 0.05) is 42.7 Å². The average molecular weight is 504 g/mol. The molecule has 0 bridgehead atoms. The lowest BCUT2D eigenvalue weighted by atomic mass is 10.1. The van der Waals surface area contributed by atoms with Crippen molar-refractivity contribution in [2.75, 3.05) is 32.2 Å². The Morgan fingerprint density at radius 1 is 0.703 bits per heavy atom. The summed E-state index contributed by atoms with van der Waals surface area (Å²) in [5.74, 6) is 0.0682. The van der Waals surface area contributed by atoms with E-state index in [1.54, 1.807) is 31.4 Å². The Kier molecular flexibility index (Phi) is 8.25. The van der Waals surface area contributed by atoms with E-state index in [-0.39, 0.29) is 11.7 Å². The van der Waals surface area contributed by atoms with E-state index >= 15 is 0 Å². The minimum absolute atomic E-state index is 0.0963. The Bertz CT molecular complexity index is 1220. The van der Waals surface area contributed by atoms with Gasteiger partial charge in [0.15, 0.2) is 0 Å². The summed E-state index contributed by atoms with van der Waals surface area (Å²) in [5.41, 5.74) is 6.91. The summed E-state index contributed by atoms with van der Waals surface area (Å²) >= 11 is 0. The lowest BCUT2D eigenvalue weighted by molar-refractivity contribution is 0.0600. The zero-order valence-corrected chi connectivity index (χ0v) is 20.7. The van der Waals surface area contributed by atoms with Crippen LogP contribution in [0.1, 0.15) is 43.9 Å². The standard InChI is InChI=1S/C28H29N3O6/c1-35-23-13-9-22(10-14-23)31-17-15-25(16-18-31)37-24-11-7-20(8-12-24)27(33)30-29-26(32)19-3-5-21(6-4-19)28(34)36-2/h3-14,25H,15-18H2,1-2H3,(H,29,32)(H,30,33). The van der Waals surface area contributed by atoms with Crippen LogP contribution in [0.15, 0.2) is 72.8 Å². The van der Waals surface area contributed by atoms with Crippen LogP contribution in [-0.4, -0.2) is 51.2 Å². The zero-order chi connectivity index (χ0) is 26.2. The van der Waals surface area contributed by atoms with E-state index in [9.17, 15) is 14.4 Å². The van der Waals surface area contributed by atoms with Crippen LogP contribution >= 0.6 is 0 Å². The number of carbonyl (C=O) groups is 3. The highest BCUT2D eigenvalue weighted by molar-refractivity contribution is 5.99. The molecular formula is C28H29N3O6. The van der Waals surface area contributed by atoms with E-state index in [4.69, 9.17) is 9.47 Å². The second-order valence-electron chi connectivity index (χ2n) is 8.50. The molecular weight excluding hydrogens is 474 g/mol. The van der Waals surface area contributed by atoms with Crippen molar-refractivity contribution in [1.29, 1.82) is 0 Å². The van der Waals surface area contributed by atoms with Gasteiger partial charge in [0.05, 0.1) is 19.8 Å². The smallest absolute Gasteiger partial charge is 0.337 e. The topological polar surface area (TPSA) is 106 Å². The zero-order valence-electron chi connectivity index (χ0n) is 20.7. The molecule has 192 valence electrons. The number of esters is 1. The molecule has 2 amide bonds. The SMILES string of the molecule is COC(=O)c1ccc(C(=O)NNC(=O)c2ccc(OC3CCN(c4ccc(OC)cc4)CC3)cc2)cc1. The number of anilines is 1. The predicted octanol–water partition coefficient (Wildman–Crippen LogP) is 3.60. The van der Waals surface area contributed by atoms with Gasteiger partial charge in [-0.1, -0.05) is 0 Å². The molecule has 0 aromatic heterocycles. The van der Waals surface area contributed by atoms with E-state index in [0.29, 0.717) is 16.9 Å². The number of amides is 2. The molecule has 0 radical (unpaired) electrons. The van der Waals surface area contributed by atoms with Gasteiger partial charge in [0.25, 0.3) is 11.8 Å². The molecule has 2 N–H and O–H groups in total. The fraction of sp³-hybridized carbons (Fsp3) is 0.250. The van der Waals surface area contributed by atoms with E-state index in [1.807, 2.05) is 12.1 Å². The summed E-state index contributed by atoms with van der Waals surface area (Å²) in [4.78, 5) is 38.5. The number of hydrazine groups is 1. The monoisotopic (exact) mass is 503 g/mol.